The van der Waals surface area contributed by atoms with E-state index in [9.17, 15) is 0 Å². The first-order chi connectivity index (χ1) is 9.17. The summed E-state index contributed by atoms with van der Waals surface area (Å²) in [6.07, 6.45) is 3.47. The van der Waals surface area contributed by atoms with Crippen LogP contribution in [0.3, 0.4) is 0 Å². The highest BCUT2D eigenvalue weighted by Gasteiger charge is 2.09. The van der Waals surface area contributed by atoms with Gasteiger partial charge in [-0.25, -0.2) is 0 Å². The van der Waals surface area contributed by atoms with Crippen LogP contribution in [0.2, 0.25) is 0 Å². The van der Waals surface area contributed by atoms with Crippen molar-refractivity contribution in [1.29, 1.82) is 0 Å². The molecule has 1 unspecified atom stereocenters. The number of nitrogens with one attached hydrogen (secondary N) is 1. The van der Waals surface area contributed by atoms with Gasteiger partial charge in [-0.2, -0.15) is 0 Å². The number of benzene rings is 1. The third-order valence-corrected chi connectivity index (χ3v) is 3.50. The van der Waals surface area contributed by atoms with Crippen LogP contribution in [0.4, 0.5) is 0 Å². The topological polar surface area (TPSA) is 21.3 Å². The molecular weight excluding hydrogens is 234 g/mol. The molecule has 0 bridgehead atoms. The monoisotopic (exact) mass is 263 g/mol. The maximum atomic E-state index is 5.67. The van der Waals surface area contributed by atoms with Crippen LogP contribution in [-0.2, 0) is 6.54 Å². The fraction of sp³-hybridized carbons (Fsp3) is 0.647. The van der Waals surface area contributed by atoms with Gasteiger partial charge >= 0.3 is 0 Å². The van der Waals surface area contributed by atoms with Crippen molar-refractivity contribution in [3.05, 3.63) is 29.8 Å². The molecule has 1 aromatic rings. The molecule has 2 nitrogen and oxygen atoms in total. The molecule has 108 valence electrons. The number of rotatable bonds is 9. The van der Waals surface area contributed by atoms with E-state index in [1.807, 2.05) is 0 Å². The van der Waals surface area contributed by atoms with Crippen molar-refractivity contribution >= 4 is 0 Å². The Bertz CT molecular complexity index is 332. The van der Waals surface area contributed by atoms with Crippen LogP contribution >= 0.6 is 0 Å². The Kier molecular flexibility index (Phi) is 7.57. The van der Waals surface area contributed by atoms with E-state index in [-0.39, 0.29) is 0 Å². The molecule has 1 aromatic carbocycles. The van der Waals surface area contributed by atoms with Gasteiger partial charge in [0, 0.05) is 12.6 Å². The van der Waals surface area contributed by atoms with Gasteiger partial charge in [0.2, 0.25) is 0 Å². The fourth-order valence-corrected chi connectivity index (χ4v) is 2.14. The van der Waals surface area contributed by atoms with Crippen LogP contribution in [0, 0.1) is 5.92 Å². The summed E-state index contributed by atoms with van der Waals surface area (Å²) in [7, 11) is 0. The fourth-order valence-electron chi connectivity index (χ4n) is 2.14. The summed E-state index contributed by atoms with van der Waals surface area (Å²) in [6, 6.07) is 9.05. The van der Waals surface area contributed by atoms with E-state index in [0.717, 1.165) is 25.3 Å². The Morgan fingerprint density at radius 3 is 2.32 bits per heavy atom. The summed E-state index contributed by atoms with van der Waals surface area (Å²) >= 11 is 0. The van der Waals surface area contributed by atoms with E-state index >= 15 is 0 Å². The molecule has 0 aliphatic rings. The molecule has 0 aliphatic heterocycles. The van der Waals surface area contributed by atoms with Gasteiger partial charge in [0.25, 0.3) is 0 Å². The third-order valence-electron chi connectivity index (χ3n) is 3.50. The summed E-state index contributed by atoms with van der Waals surface area (Å²) in [4.78, 5) is 0. The smallest absolute Gasteiger partial charge is 0.119 e. The molecule has 19 heavy (non-hydrogen) atoms. The molecule has 1 N–H and O–H groups in total. The van der Waals surface area contributed by atoms with Crippen molar-refractivity contribution < 1.29 is 4.74 Å². The summed E-state index contributed by atoms with van der Waals surface area (Å²) in [5.41, 5.74) is 1.32. The van der Waals surface area contributed by atoms with Crippen molar-refractivity contribution in [3.8, 4) is 5.75 Å². The highest BCUT2D eigenvalue weighted by molar-refractivity contribution is 5.27. The summed E-state index contributed by atoms with van der Waals surface area (Å²) in [5, 5.41) is 3.62. The predicted molar refractivity (Wildman–Crippen MR) is 82.6 cm³/mol. The minimum Gasteiger partial charge on any atom is -0.494 e. The SMILES string of the molecule is CCCCOc1ccc(CNC(CC)C(C)C)cc1. The molecule has 0 radical (unpaired) electrons. The van der Waals surface area contributed by atoms with Gasteiger partial charge in [0.15, 0.2) is 0 Å². The largest absolute Gasteiger partial charge is 0.494 e. The zero-order valence-electron chi connectivity index (χ0n) is 12.9. The van der Waals surface area contributed by atoms with Gasteiger partial charge in [-0.15, -0.1) is 0 Å². The van der Waals surface area contributed by atoms with Crippen LogP contribution in [0.25, 0.3) is 0 Å². The molecular formula is C17H29NO. The average Bonchev–Trinajstić information content (AvgIpc) is 2.41. The standard InChI is InChI=1S/C17H29NO/c1-5-7-12-19-16-10-8-15(9-11-16)13-18-17(6-2)14(3)4/h8-11,14,17-18H,5-7,12-13H2,1-4H3. The molecule has 0 aromatic heterocycles. The van der Waals surface area contributed by atoms with Crippen LogP contribution in [0.15, 0.2) is 24.3 Å². The Morgan fingerprint density at radius 2 is 1.79 bits per heavy atom. The summed E-state index contributed by atoms with van der Waals surface area (Å²) in [6.45, 7) is 10.7. The van der Waals surface area contributed by atoms with Crippen molar-refractivity contribution in [2.45, 2.75) is 59.5 Å². The van der Waals surface area contributed by atoms with E-state index in [1.165, 1.54) is 18.4 Å². The van der Waals surface area contributed by atoms with Crippen LogP contribution in [0.1, 0.15) is 52.5 Å². The maximum Gasteiger partial charge on any atom is 0.119 e. The molecule has 2 heteroatoms. The average molecular weight is 263 g/mol. The van der Waals surface area contributed by atoms with Crippen LogP contribution in [0.5, 0.6) is 5.75 Å². The van der Waals surface area contributed by atoms with Gasteiger partial charge in [-0.05, 0) is 36.5 Å². The molecule has 0 amide bonds. The van der Waals surface area contributed by atoms with Crippen molar-refractivity contribution in [3.63, 3.8) is 0 Å². The van der Waals surface area contributed by atoms with E-state index in [2.05, 4.69) is 57.3 Å². The molecule has 0 heterocycles. The maximum absolute atomic E-state index is 5.67. The third kappa shape index (κ3) is 6.11. The van der Waals surface area contributed by atoms with Gasteiger partial charge in [-0.1, -0.05) is 46.2 Å². The second-order valence-corrected chi connectivity index (χ2v) is 5.49. The summed E-state index contributed by atoms with van der Waals surface area (Å²) in [5.74, 6) is 1.66. The highest BCUT2D eigenvalue weighted by atomic mass is 16.5. The number of ether oxygens (including phenoxy) is 1. The lowest BCUT2D eigenvalue weighted by atomic mass is 10.0. The number of unbranched alkanes of at least 4 members (excludes halogenated alkanes) is 1. The zero-order valence-corrected chi connectivity index (χ0v) is 12.9. The van der Waals surface area contributed by atoms with Gasteiger partial charge in [-0.3, -0.25) is 0 Å². The number of hydrogen-bond donors (Lipinski definition) is 1. The molecule has 0 spiro atoms. The second kappa shape index (κ2) is 8.98. The lowest BCUT2D eigenvalue weighted by Gasteiger charge is -2.20. The molecule has 0 saturated carbocycles. The molecule has 0 saturated heterocycles. The van der Waals surface area contributed by atoms with Gasteiger partial charge in [0.05, 0.1) is 6.61 Å². The van der Waals surface area contributed by atoms with Crippen molar-refractivity contribution in [1.82, 2.24) is 5.32 Å². The van der Waals surface area contributed by atoms with E-state index < -0.39 is 0 Å². The van der Waals surface area contributed by atoms with Gasteiger partial charge in [0.1, 0.15) is 5.75 Å². The molecule has 1 rings (SSSR count). The minimum atomic E-state index is 0.598. The van der Waals surface area contributed by atoms with E-state index in [4.69, 9.17) is 4.74 Å². The van der Waals surface area contributed by atoms with Crippen molar-refractivity contribution in [2.24, 2.45) is 5.92 Å². The zero-order chi connectivity index (χ0) is 14.1. The Morgan fingerprint density at radius 1 is 1.11 bits per heavy atom. The first-order valence-electron chi connectivity index (χ1n) is 7.62. The minimum absolute atomic E-state index is 0.598. The van der Waals surface area contributed by atoms with Crippen LogP contribution < -0.4 is 10.1 Å². The lowest BCUT2D eigenvalue weighted by molar-refractivity contribution is 0.309. The van der Waals surface area contributed by atoms with Crippen molar-refractivity contribution in [2.75, 3.05) is 6.61 Å². The van der Waals surface area contributed by atoms with Gasteiger partial charge < -0.3 is 10.1 Å². The summed E-state index contributed by atoms with van der Waals surface area (Å²) < 4.78 is 5.67. The van der Waals surface area contributed by atoms with Crippen LogP contribution in [-0.4, -0.2) is 12.6 Å². The molecule has 1 atom stereocenters. The normalized spacial score (nSPS) is 12.7. The Labute approximate surface area is 118 Å². The Hall–Kier alpha value is -1.02. The van der Waals surface area contributed by atoms with E-state index in [1.54, 1.807) is 0 Å². The second-order valence-electron chi connectivity index (χ2n) is 5.49. The molecule has 0 fully saturated rings. The number of hydrogen-bond acceptors (Lipinski definition) is 2. The first kappa shape index (κ1) is 16.0. The Balaban J connectivity index is 2.39. The van der Waals surface area contributed by atoms with E-state index in [0.29, 0.717) is 12.0 Å². The predicted octanol–water partition coefficient (Wildman–Crippen LogP) is 4.39. The molecule has 0 aliphatic carbocycles. The first-order valence-corrected chi connectivity index (χ1v) is 7.62. The lowest BCUT2D eigenvalue weighted by Crippen LogP contribution is -2.32. The highest BCUT2D eigenvalue weighted by Crippen LogP contribution is 2.13. The quantitative estimate of drug-likeness (QED) is 0.667.